The van der Waals surface area contributed by atoms with Crippen LogP contribution in [0.1, 0.15) is 446 Å². The molecule has 800 valence electrons. The Morgan fingerprint density at radius 2 is 0.471 bits per heavy atom. The number of benzene rings is 3. The standard InChI is InChI=1S/C16H25N3O3.3C13H22O4.C12H18O2S.2C10H14.6C5H12/c1-6-10-17-13(20)18(11-7-2)15(22)19(14(17)21)12-8-9-16(3,4)5;3*1-12(2,3)8-6-7-9-10(14)16-13(4,5)17-11(9)15;1-12(2,3)11-7-5-10(6-8-11)9-15(4,13)14;2*1-10(2,3)9-7-5-4-6-8-9;6*1-5(2,3)4/h6-7H,1-2,8-12H2,3-5H3;3*9H,6-8H2,1-5H3;5-8H,9H2,1-4H3;2*4-8H,1-3H3;6*1-4H3. The SMILES string of the molecule is C=CCn1c(=O)n(CC=C)c(=O)n(CCCC(C)(C)C)c1=O.CC(C)(C)C.CC(C)(C)C.CC(C)(C)C.CC(C)(C)C.CC(C)(C)C.CC(C)(C)C.CC(C)(C)CCCC1C(=O)OC(C)(C)OC1=O.CC(C)(C)CCCC1C(=O)OC(C)(C)OC1=O.CC(C)(C)CCCC1C(=O)OC(C)(C)OC1=O.CC(C)(C)c1ccc(CS(C)(=O)=O)cc1.CC(C)(C)c1ccccc1.CC(C)(C)c1ccccc1. The van der Waals surface area contributed by atoms with Gasteiger partial charge in [0, 0.05) is 54.3 Å². The number of hydrogen-bond acceptors (Lipinski definition) is 17. The van der Waals surface area contributed by atoms with E-state index in [0.29, 0.717) is 75.5 Å². The van der Waals surface area contributed by atoms with Crippen molar-refractivity contribution in [1.29, 1.82) is 0 Å². The van der Waals surface area contributed by atoms with Gasteiger partial charge in [-0.1, -0.05) is 428 Å². The summed E-state index contributed by atoms with van der Waals surface area (Å²) in [5, 5.41) is 0. The van der Waals surface area contributed by atoms with Crippen LogP contribution in [0.4, 0.5) is 0 Å². The summed E-state index contributed by atoms with van der Waals surface area (Å²) in [5.74, 6) is -8.21. The molecule has 0 N–H and O–H groups in total. The maximum absolute atomic E-state index is 12.4. The number of aromatic nitrogens is 3. The highest BCUT2D eigenvalue weighted by Gasteiger charge is 2.45. The van der Waals surface area contributed by atoms with Gasteiger partial charge in [-0.15, -0.1) is 13.2 Å². The van der Waals surface area contributed by atoms with Crippen molar-refractivity contribution in [3.8, 4) is 0 Å². The average molecular weight is 1960 g/mol. The Hall–Kier alpha value is -7.68. The average Bonchev–Trinajstić information content (AvgIpc) is 0.784. The molecule has 0 aliphatic carbocycles. The number of esters is 6. The van der Waals surface area contributed by atoms with Gasteiger partial charge in [0.25, 0.3) is 17.4 Å². The van der Waals surface area contributed by atoms with Gasteiger partial charge < -0.3 is 28.4 Å². The first-order chi connectivity index (χ1) is 60.9. The largest absolute Gasteiger partial charge is 0.422 e. The second-order valence-corrected chi connectivity index (χ2v) is 57.6. The van der Waals surface area contributed by atoms with Gasteiger partial charge in [0.2, 0.25) is 0 Å². The van der Waals surface area contributed by atoms with Crippen LogP contribution in [-0.2, 0) is 109 Å². The lowest BCUT2D eigenvalue weighted by Crippen LogP contribution is -2.54. The van der Waals surface area contributed by atoms with Crippen molar-refractivity contribution < 1.29 is 65.6 Å². The first-order valence-electron chi connectivity index (χ1n) is 49.9. The maximum atomic E-state index is 12.4. The van der Waals surface area contributed by atoms with E-state index in [0.717, 1.165) is 64.2 Å². The normalized spacial score (nSPS) is 15.2. The van der Waals surface area contributed by atoms with E-state index < -0.39 is 97.8 Å². The molecule has 0 radical (unpaired) electrons. The summed E-state index contributed by atoms with van der Waals surface area (Å²) in [6.07, 6.45) is 12.6. The Kier molecular flexibility index (Phi) is 61.4. The number of rotatable bonds is 18. The summed E-state index contributed by atoms with van der Waals surface area (Å²) < 4.78 is 55.7. The minimum Gasteiger partial charge on any atom is -0.422 e. The molecule has 0 bridgehead atoms. The first kappa shape index (κ1) is 141. The summed E-state index contributed by atoms with van der Waals surface area (Å²) in [6, 6.07) is 28.9. The molecule has 0 atom stereocenters. The minimum atomic E-state index is -2.93. The third-order valence-corrected chi connectivity index (χ3v) is 17.7. The zero-order chi connectivity index (χ0) is 111. The summed E-state index contributed by atoms with van der Waals surface area (Å²) in [6.45, 7) is 115. The van der Waals surface area contributed by atoms with Crippen LogP contribution >= 0.6 is 0 Å². The van der Waals surface area contributed by atoms with E-state index in [2.05, 4.69) is 385 Å². The molecular formula is C117H209N3O17S. The highest BCUT2D eigenvalue weighted by Crippen LogP contribution is 2.34. The topological polar surface area (TPSA) is 258 Å². The molecule has 0 unspecified atom stereocenters. The third kappa shape index (κ3) is 88.5. The molecule has 4 aromatic rings. The van der Waals surface area contributed by atoms with Crippen LogP contribution in [0, 0.1) is 71.9 Å². The molecule has 1 aromatic heterocycles. The predicted octanol–water partition coefficient (Wildman–Crippen LogP) is 30.1. The Balaban J connectivity index is -0.000000353. The second-order valence-electron chi connectivity index (χ2n) is 55.5. The molecule has 3 aliphatic rings. The molecule has 138 heavy (non-hydrogen) atoms. The van der Waals surface area contributed by atoms with Crippen molar-refractivity contribution >= 4 is 45.7 Å². The van der Waals surface area contributed by atoms with Gasteiger partial charge in [0.05, 0.1) is 18.8 Å². The number of ether oxygens (including phenoxy) is 6. The van der Waals surface area contributed by atoms with Crippen LogP contribution in [0.25, 0.3) is 0 Å². The number of cyclic esters (lactones) is 6. The van der Waals surface area contributed by atoms with E-state index in [1.54, 1.807) is 41.5 Å². The van der Waals surface area contributed by atoms with Crippen LogP contribution in [0.3, 0.4) is 0 Å². The fraction of sp³-hybridized carbons (Fsp3) is 0.735. The second kappa shape index (κ2) is 60.0. The van der Waals surface area contributed by atoms with Crippen molar-refractivity contribution in [2.75, 3.05) is 6.26 Å². The Labute approximate surface area is 844 Å². The zero-order valence-corrected chi connectivity index (χ0v) is 99.0. The Morgan fingerprint density at radius 3 is 0.638 bits per heavy atom. The Bertz CT molecular complexity index is 4040. The minimum absolute atomic E-state index is 0.0777. The lowest BCUT2D eigenvalue weighted by Gasteiger charge is -2.33. The van der Waals surface area contributed by atoms with Crippen LogP contribution < -0.4 is 17.1 Å². The molecular weight excluding hydrogens is 1750 g/mol. The molecule has 20 nitrogen and oxygen atoms in total. The number of allylic oxidation sites excluding steroid dienone is 2. The van der Waals surface area contributed by atoms with Gasteiger partial charge in [0.15, 0.2) is 27.6 Å². The molecule has 0 spiro atoms. The smallest absolute Gasteiger partial charge is 0.336 e. The van der Waals surface area contributed by atoms with E-state index in [1.807, 2.05) is 24.3 Å². The van der Waals surface area contributed by atoms with Gasteiger partial charge in [-0.05, 0) is 144 Å². The molecule has 3 aliphatic heterocycles. The van der Waals surface area contributed by atoms with Crippen molar-refractivity contribution in [3.63, 3.8) is 0 Å². The lowest BCUT2D eigenvalue weighted by molar-refractivity contribution is -0.242. The van der Waals surface area contributed by atoms with E-state index >= 15 is 0 Å². The highest BCUT2D eigenvalue weighted by atomic mass is 32.2. The summed E-state index contributed by atoms with van der Waals surface area (Å²) in [5.41, 5.74) is 7.54. The number of carbonyl (C=O) groups excluding carboxylic acids is 6. The third-order valence-electron chi connectivity index (χ3n) is 16.9. The monoisotopic (exact) mass is 1960 g/mol. The number of hydrogen-bond donors (Lipinski definition) is 0. The molecule has 21 heteroatoms. The predicted molar refractivity (Wildman–Crippen MR) is 582 cm³/mol. The van der Waals surface area contributed by atoms with Crippen LogP contribution in [0.5, 0.6) is 0 Å². The van der Waals surface area contributed by atoms with Gasteiger partial charge in [-0.2, -0.15) is 0 Å². The van der Waals surface area contributed by atoms with Crippen LogP contribution in [0.2, 0.25) is 0 Å². The quantitative estimate of drug-likeness (QED) is 0.0388. The fourth-order valence-corrected chi connectivity index (χ4v) is 11.7. The van der Waals surface area contributed by atoms with Gasteiger partial charge >= 0.3 is 52.9 Å². The van der Waals surface area contributed by atoms with E-state index in [4.69, 9.17) is 28.4 Å². The summed E-state index contributed by atoms with van der Waals surface area (Å²) in [4.78, 5) is 107. The fourth-order valence-electron chi connectivity index (χ4n) is 10.9. The number of nitrogens with zero attached hydrogens (tertiary/aromatic N) is 3. The highest BCUT2D eigenvalue weighted by molar-refractivity contribution is 7.89. The number of carbonyl (C=O) groups is 6. The molecule has 7 rings (SSSR count). The first-order valence-corrected chi connectivity index (χ1v) is 51.9. The van der Waals surface area contributed by atoms with Gasteiger partial charge in [-0.3, -0.25) is 28.8 Å². The van der Waals surface area contributed by atoms with E-state index in [1.165, 1.54) is 35.1 Å². The van der Waals surface area contributed by atoms with Gasteiger partial charge in [-0.25, -0.2) is 36.5 Å². The van der Waals surface area contributed by atoms with Gasteiger partial charge in [0.1, 0.15) is 0 Å². The lowest BCUT2D eigenvalue weighted by atomic mass is 9.87. The molecule has 3 fully saturated rings. The van der Waals surface area contributed by atoms with E-state index in [9.17, 15) is 51.6 Å². The van der Waals surface area contributed by atoms with Crippen LogP contribution in [0.15, 0.2) is 125 Å². The summed E-state index contributed by atoms with van der Waals surface area (Å²) in [7, 11) is -2.93. The molecule has 0 amide bonds. The molecule has 3 aromatic carbocycles. The van der Waals surface area contributed by atoms with E-state index in [-0.39, 0.29) is 45.9 Å². The Morgan fingerprint density at radius 1 is 0.290 bits per heavy atom. The maximum Gasteiger partial charge on any atom is 0.336 e. The zero-order valence-electron chi connectivity index (χ0n) is 98.2. The summed E-state index contributed by atoms with van der Waals surface area (Å²) >= 11 is 0. The van der Waals surface area contributed by atoms with Crippen molar-refractivity contribution in [3.05, 3.63) is 164 Å². The van der Waals surface area contributed by atoms with Crippen molar-refractivity contribution in [2.24, 2.45) is 71.9 Å². The van der Waals surface area contributed by atoms with Crippen molar-refractivity contribution in [1.82, 2.24) is 13.7 Å². The molecule has 4 heterocycles. The number of sulfone groups is 1. The van der Waals surface area contributed by atoms with Crippen LogP contribution in [-0.4, -0.2) is 81.6 Å². The van der Waals surface area contributed by atoms with Crippen molar-refractivity contribution in [2.45, 2.75) is 483 Å². The molecule has 3 saturated heterocycles. The molecule has 0 saturated carbocycles.